The van der Waals surface area contributed by atoms with Gasteiger partial charge >= 0.3 is 0 Å². The summed E-state index contributed by atoms with van der Waals surface area (Å²) < 4.78 is 28.0. The Hall–Kier alpha value is -2.27. The van der Waals surface area contributed by atoms with Crippen molar-refractivity contribution in [2.24, 2.45) is 5.92 Å². The zero-order valence-corrected chi connectivity index (χ0v) is 16.4. The smallest absolute Gasteiger partial charge is 0.227 e. The highest BCUT2D eigenvalue weighted by atomic mass is 19.1. The lowest BCUT2D eigenvalue weighted by molar-refractivity contribution is -0.131. The van der Waals surface area contributed by atoms with Crippen LogP contribution < -0.4 is 0 Å². The number of nitrogens with zero attached hydrogens (tertiary/aromatic N) is 2. The minimum Gasteiger partial charge on any atom is -0.342 e. The van der Waals surface area contributed by atoms with E-state index < -0.39 is 11.6 Å². The molecule has 5 heteroatoms. The van der Waals surface area contributed by atoms with Gasteiger partial charge < -0.3 is 9.80 Å². The maximum absolute atomic E-state index is 14.0. The normalized spacial score (nSPS) is 17.5. The van der Waals surface area contributed by atoms with Crippen LogP contribution in [0, 0.1) is 17.6 Å². The number of carbonyl (C=O) groups excluding carboxylic acids is 1. The van der Waals surface area contributed by atoms with Crippen molar-refractivity contribution in [1.82, 2.24) is 9.80 Å². The number of likely N-dealkylation sites (tertiary alicyclic amines) is 1. The first-order chi connectivity index (χ1) is 13.5. The van der Waals surface area contributed by atoms with E-state index in [0.29, 0.717) is 19.0 Å². The molecule has 1 unspecified atom stereocenters. The van der Waals surface area contributed by atoms with E-state index in [2.05, 4.69) is 11.9 Å². The second kappa shape index (κ2) is 9.78. The molecule has 3 rings (SSSR count). The fraction of sp³-hybridized carbons (Fsp3) is 0.435. The maximum Gasteiger partial charge on any atom is 0.227 e. The fourth-order valence-electron chi connectivity index (χ4n) is 3.92. The van der Waals surface area contributed by atoms with Crippen LogP contribution in [0.2, 0.25) is 0 Å². The largest absolute Gasteiger partial charge is 0.342 e. The van der Waals surface area contributed by atoms with Crippen LogP contribution in [0.1, 0.15) is 24.0 Å². The molecule has 0 spiro atoms. The second-order valence-corrected chi connectivity index (χ2v) is 7.72. The molecule has 0 aliphatic carbocycles. The predicted octanol–water partition coefficient (Wildman–Crippen LogP) is 3.92. The average molecular weight is 386 g/mol. The Morgan fingerprint density at radius 3 is 2.50 bits per heavy atom. The monoisotopic (exact) mass is 386 g/mol. The van der Waals surface area contributed by atoms with Crippen molar-refractivity contribution in [3.63, 3.8) is 0 Å². The molecule has 1 fully saturated rings. The summed E-state index contributed by atoms with van der Waals surface area (Å²) in [5.74, 6) is -1.14. The van der Waals surface area contributed by atoms with Gasteiger partial charge in [0.2, 0.25) is 5.91 Å². The number of benzene rings is 2. The van der Waals surface area contributed by atoms with Crippen LogP contribution in [-0.4, -0.2) is 48.9 Å². The van der Waals surface area contributed by atoms with E-state index in [9.17, 15) is 13.6 Å². The van der Waals surface area contributed by atoms with Crippen LogP contribution in [0.4, 0.5) is 8.78 Å². The number of rotatable bonds is 7. The van der Waals surface area contributed by atoms with E-state index in [1.54, 1.807) is 4.90 Å². The van der Waals surface area contributed by atoms with Gasteiger partial charge in [-0.15, -0.1) is 0 Å². The van der Waals surface area contributed by atoms with E-state index >= 15 is 0 Å². The van der Waals surface area contributed by atoms with E-state index in [1.165, 1.54) is 18.2 Å². The number of hydrogen-bond acceptors (Lipinski definition) is 2. The SMILES string of the molecule is CN1CCCC(CN(CCc2ccccc2)C(=O)Cc2c(F)cccc2F)C1. The molecule has 2 aromatic carbocycles. The number of carbonyl (C=O) groups is 1. The molecular formula is C23H28F2N2O. The van der Waals surface area contributed by atoms with Gasteiger partial charge in [-0.05, 0) is 56.5 Å². The Morgan fingerprint density at radius 1 is 1.11 bits per heavy atom. The molecule has 1 aliphatic rings. The summed E-state index contributed by atoms with van der Waals surface area (Å²) in [5.41, 5.74) is 1.01. The van der Waals surface area contributed by atoms with E-state index in [-0.39, 0.29) is 17.9 Å². The Bertz CT molecular complexity index is 761. The minimum absolute atomic E-state index is 0.141. The van der Waals surface area contributed by atoms with Crippen molar-refractivity contribution in [3.05, 3.63) is 71.3 Å². The summed E-state index contributed by atoms with van der Waals surface area (Å²) in [6.45, 7) is 3.21. The molecular weight excluding hydrogens is 358 g/mol. The van der Waals surface area contributed by atoms with Crippen LogP contribution >= 0.6 is 0 Å². The molecule has 0 radical (unpaired) electrons. The van der Waals surface area contributed by atoms with Crippen LogP contribution in [0.25, 0.3) is 0 Å². The summed E-state index contributed by atoms with van der Waals surface area (Å²) in [4.78, 5) is 17.0. The van der Waals surface area contributed by atoms with Gasteiger partial charge in [0.1, 0.15) is 11.6 Å². The van der Waals surface area contributed by atoms with E-state index in [4.69, 9.17) is 0 Å². The summed E-state index contributed by atoms with van der Waals surface area (Å²) in [6.07, 6.45) is 2.68. The number of hydrogen-bond donors (Lipinski definition) is 0. The molecule has 1 amide bonds. The quantitative estimate of drug-likeness (QED) is 0.720. The summed E-state index contributed by atoms with van der Waals surface area (Å²) in [6, 6.07) is 13.7. The lowest BCUT2D eigenvalue weighted by Gasteiger charge is -2.34. The van der Waals surface area contributed by atoms with Gasteiger partial charge in [0.15, 0.2) is 0 Å². The fourth-order valence-corrected chi connectivity index (χ4v) is 3.92. The van der Waals surface area contributed by atoms with Gasteiger partial charge in [0.05, 0.1) is 6.42 Å². The van der Waals surface area contributed by atoms with E-state index in [0.717, 1.165) is 37.9 Å². The standard InChI is InChI=1S/C23H28F2N2O/c1-26-13-6-9-19(16-26)17-27(14-12-18-7-3-2-4-8-18)23(28)15-20-21(24)10-5-11-22(20)25/h2-5,7-8,10-11,19H,6,9,12-17H2,1H3. The first kappa shape index (κ1) is 20.5. The first-order valence-corrected chi connectivity index (χ1v) is 9.96. The van der Waals surface area contributed by atoms with Crippen LogP contribution in [0.3, 0.4) is 0 Å². The second-order valence-electron chi connectivity index (χ2n) is 7.72. The molecule has 0 N–H and O–H groups in total. The van der Waals surface area contributed by atoms with Gasteiger partial charge in [-0.25, -0.2) is 8.78 Å². The third kappa shape index (κ3) is 5.61. The Labute approximate surface area is 166 Å². The number of piperidine rings is 1. The molecule has 1 aliphatic heterocycles. The van der Waals surface area contributed by atoms with Gasteiger partial charge in [-0.1, -0.05) is 36.4 Å². The molecule has 1 atom stereocenters. The van der Waals surface area contributed by atoms with E-state index in [1.807, 2.05) is 30.3 Å². The Balaban J connectivity index is 1.71. The summed E-state index contributed by atoms with van der Waals surface area (Å²) in [7, 11) is 2.09. The van der Waals surface area contributed by atoms with Gasteiger partial charge in [-0.3, -0.25) is 4.79 Å². The number of amides is 1. The lowest BCUT2D eigenvalue weighted by atomic mass is 9.97. The molecule has 28 heavy (non-hydrogen) atoms. The molecule has 0 bridgehead atoms. The van der Waals surface area contributed by atoms with Gasteiger partial charge in [0, 0.05) is 25.2 Å². The van der Waals surface area contributed by atoms with Crippen molar-refractivity contribution in [1.29, 1.82) is 0 Å². The molecule has 2 aromatic rings. The maximum atomic E-state index is 14.0. The summed E-state index contributed by atoms with van der Waals surface area (Å²) >= 11 is 0. The molecule has 1 saturated heterocycles. The van der Waals surface area contributed by atoms with Crippen LogP contribution in [-0.2, 0) is 17.6 Å². The van der Waals surface area contributed by atoms with Crippen molar-refractivity contribution in [3.8, 4) is 0 Å². The highest BCUT2D eigenvalue weighted by molar-refractivity contribution is 5.79. The van der Waals surface area contributed by atoms with Crippen molar-refractivity contribution in [2.75, 3.05) is 33.2 Å². The lowest BCUT2D eigenvalue weighted by Crippen LogP contribution is -2.43. The molecule has 0 saturated carbocycles. The molecule has 3 nitrogen and oxygen atoms in total. The predicted molar refractivity (Wildman–Crippen MR) is 107 cm³/mol. The summed E-state index contributed by atoms with van der Waals surface area (Å²) in [5, 5.41) is 0. The first-order valence-electron chi connectivity index (χ1n) is 9.96. The highest BCUT2D eigenvalue weighted by Gasteiger charge is 2.24. The van der Waals surface area contributed by atoms with Crippen molar-refractivity contribution in [2.45, 2.75) is 25.7 Å². The van der Waals surface area contributed by atoms with Gasteiger partial charge in [0.25, 0.3) is 0 Å². The zero-order chi connectivity index (χ0) is 19.9. The zero-order valence-electron chi connectivity index (χ0n) is 16.4. The third-order valence-corrected chi connectivity index (χ3v) is 5.46. The average Bonchev–Trinajstić information content (AvgIpc) is 2.69. The third-order valence-electron chi connectivity index (χ3n) is 5.46. The molecule has 1 heterocycles. The highest BCUT2D eigenvalue weighted by Crippen LogP contribution is 2.19. The van der Waals surface area contributed by atoms with Crippen molar-refractivity contribution < 1.29 is 13.6 Å². The molecule has 150 valence electrons. The minimum atomic E-state index is -0.659. The Kier molecular flexibility index (Phi) is 7.15. The topological polar surface area (TPSA) is 23.6 Å². The van der Waals surface area contributed by atoms with Crippen molar-refractivity contribution >= 4 is 5.91 Å². The van der Waals surface area contributed by atoms with Crippen LogP contribution in [0.5, 0.6) is 0 Å². The molecule has 0 aromatic heterocycles. The Morgan fingerprint density at radius 2 is 1.82 bits per heavy atom. The van der Waals surface area contributed by atoms with Crippen LogP contribution in [0.15, 0.2) is 48.5 Å². The van der Waals surface area contributed by atoms with Gasteiger partial charge in [-0.2, -0.15) is 0 Å². The number of halogens is 2.